The fourth-order valence-electron chi connectivity index (χ4n) is 3.79. The van der Waals surface area contributed by atoms with Crippen molar-refractivity contribution >= 4 is 11.9 Å². The summed E-state index contributed by atoms with van der Waals surface area (Å²) in [6.07, 6.45) is 4.46. The standard InChI is InChI=1S/C18H23N3O4.C2HF3O2/c22-18(14-5-11-23-13-14)21-9-12-25-17-15(21)3-4-16(17)24-10-2-8-20-7-1-6-19-20;3-2(4,5)1(6)7/h1,5-7,11,13,15-17H,2-4,8-10,12H2;(H,6,7)/t15-,16+,17+;/m0./s1. The number of halogens is 3. The zero-order chi connectivity index (χ0) is 23.1. The number of morpholine rings is 1. The number of carboxylic acids is 1. The molecule has 4 rings (SSSR count). The molecule has 1 saturated carbocycles. The van der Waals surface area contributed by atoms with Crippen LogP contribution in [-0.2, 0) is 20.8 Å². The van der Waals surface area contributed by atoms with Crippen LogP contribution in [0.15, 0.2) is 41.5 Å². The molecule has 2 aromatic heterocycles. The van der Waals surface area contributed by atoms with E-state index in [1.807, 2.05) is 21.8 Å². The SMILES string of the molecule is O=C(O)C(F)(F)F.O=C(c1ccoc1)N1CCO[C@H]2[C@H](OCCCn3cccn3)CC[C@@H]21. The number of ether oxygens (including phenoxy) is 2. The normalized spacial score (nSPS) is 22.7. The highest BCUT2D eigenvalue weighted by Crippen LogP contribution is 2.33. The number of furan rings is 1. The van der Waals surface area contributed by atoms with E-state index in [9.17, 15) is 18.0 Å². The number of alkyl halides is 3. The second-order valence-electron chi connectivity index (χ2n) is 7.33. The molecule has 1 aliphatic heterocycles. The van der Waals surface area contributed by atoms with Gasteiger partial charge in [-0.1, -0.05) is 0 Å². The number of hydrogen-bond donors (Lipinski definition) is 1. The van der Waals surface area contributed by atoms with E-state index < -0.39 is 12.1 Å². The van der Waals surface area contributed by atoms with Crippen molar-refractivity contribution in [3.8, 4) is 0 Å². The van der Waals surface area contributed by atoms with Crippen molar-refractivity contribution < 1.29 is 41.8 Å². The van der Waals surface area contributed by atoms with Gasteiger partial charge >= 0.3 is 12.1 Å². The number of carbonyl (C=O) groups excluding carboxylic acids is 1. The maximum Gasteiger partial charge on any atom is 0.490 e. The number of aromatic nitrogens is 2. The first-order valence-electron chi connectivity index (χ1n) is 10.1. The molecule has 2 fully saturated rings. The second-order valence-corrected chi connectivity index (χ2v) is 7.33. The molecule has 0 bridgehead atoms. The number of rotatable bonds is 6. The van der Waals surface area contributed by atoms with Crippen LogP contribution in [0.3, 0.4) is 0 Å². The van der Waals surface area contributed by atoms with Gasteiger partial charge < -0.3 is 23.9 Å². The summed E-state index contributed by atoms with van der Waals surface area (Å²) in [5, 5.41) is 11.3. The predicted octanol–water partition coefficient (Wildman–Crippen LogP) is 2.59. The summed E-state index contributed by atoms with van der Waals surface area (Å²) in [6.45, 7) is 2.70. The Labute approximate surface area is 181 Å². The Hall–Kier alpha value is -2.86. The minimum Gasteiger partial charge on any atom is -0.475 e. The van der Waals surface area contributed by atoms with Gasteiger partial charge in [0.15, 0.2) is 0 Å². The molecular formula is C20H24F3N3O6. The molecule has 1 saturated heterocycles. The van der Waals surface area contributed by atoms with Crippen LogP contribution >= 0.6 is 0 Å². The quantitative estimate of drug-likeness (QED) is 0.662. The molecule has 1 aliphatic carbocycles. The lowest BCUT2D eigenvalue weighted by Crippen LogP contribution is -2.53. The first-order chi connectivity index (χ1) is 15.3. The summed E-state index contributed by atoms with van der Waals surface area (Å²) >= 11 is 0. The molecule has 3 heterocycles. The summed E-state index contributed by atoms with van der Waals surface area (Å²) in [6, 6.07) is 3.72. The lowest BCUT2D eigenvalue weighted by Gasteiger charge is -2.38. The minimum absolute atomic E-state index is 0.0198. The van der Waals surface area contributed by atoms with Crippen molar-refractivity contribution in [2.75, 3.05) is 19.8 Å². The molecule has 3 atom stereocenters. The number of carboxylic acid groups (broad SMARTS) is 1. The Bertz CT molecular complexity index is 857. The average Bonchev–Trinajstić information content (AvgIpc) is 3.52. The van der Waals surface area contributed by atoms with E-state index in [2.05, 4.69) is 5.10 Å². The molecule has 2 aromatic rings. The minimum atomic E-state index is -5.08. The van der Waals surface area contributed by atoms with E-state index in [1.165, 1.54) is 12.5 Å². The Balaban J connectivity index is 0.000000360. The summed E-state index contributed by atoms with van der Waals surface area (Å²) in [4.78, 5) is 23.5. The van der Waals surface area contributed by atoms with Crippen LogP contribution in [-0.4, -0.2) is 75.8 Å². The number of fused-ring (bicyclic) bond motifs is 1. The first-order valence-corrected chi connectivity index (χ1v) is 10.1. The highest BCUT2D eigenvalue weighted by Gasteiger charge is 2.45. The van der Waals surface area contributed by atoms with Crippen molar-refractivity contribution in [3.05, 3.63) is 42.6 Å². The monoisotopic (exact) mass is 459 g/mol. The predicted molar refractivity (Wildman–Crippen MR) is 103 cm³/mol. The summed E-state index contributed by atoms with van der Waals surface area (Å²) in [5.41, 5.74) is 0.601. The maximum absolute atomic E-state index is 12.7. The van der Waals surface area contributed by atoms with Gasteiger partial charge in [-0.15, -0.1) is 0 Å². The van der Waals surface area contributed by atoms with E-state index in [-0.39, 0.29) is 24.2 Å². The highest BCUT2D eigenvalue weighted by molar-refractivity contribution is 5.94. The molecule has 1 N–H and O–H groups in total. The molecule has 32 heavy (non-hydrogen) atoms. The van der Waals surface area contributed by atoms with Crippen molar-refractivity contribution in [2.24, 2.45) is 0 Å². The zero-order valence-electron chi connectivity index (χ0n) is 17.1. The third-order valence-corrected chi connectivity index (χ3v) is 5.23. The Kier molecular flexibility index (Phi) is 7.91. The number of hydrogen-bond acceptors (Lipinski definition) is 6. The van der Waals surface area contributed by atoms with Gasteiger partial charge in [0, 0.05) is 32.1 Å². The summed E-state index contributed by atoms with van der Waals surface area (Å²) < 4.78 is 50.7. The van der Waals surface area contributed by atoms with Gasteiger partial charge in [-0.3, -0.25) is 9.48 Å². The van der Waals surface area contributed by atoms with Gasteiger partial charge in [-0.2, -0.15) is 18.3 Å². The number of aryl methyl sites for hydroxylation is 1. The van der Waals surface area contributed by atoms with E-state index in [1.54, 1.807) is 12.3 Å². The van der Waals surface area contributed by atoms with E-state index in [0.717, 1.165) is 25.8 Å². The molecular weight excluding hydrogens is 435 g/mol. The van der Waals surface area contributed by atoms with Gasteiger partial charge in [0.2, 0.25) is 0 Å². The molecule has 1 amide bonds. The fourth-order valence-corrected chi connectivity index (χ4v) is 3.79. The Morgan fingerprint density at radius 3 is 2.72 bits per heavy atom. The van der Waals surface area contributed by atoms with Crippen molar-refractivity contribution in [1.29, 1.82) is 0 Å². The smallest absolute Gasteiger partial charge is 0.475 e. The Morgan fingerprint density at radius 1 is 1.31 bits per heavy atom. The Morgan fingerprint density at radius 2 is 2.09 bits per heavy atom. The maximum atomic E-state index is 12.7. The lowest BCUT2D eigenvalue weighted by atomic mass is 10.1. The highest BCUT2D eigenvalue weighted by atomic mass is 19.4. The van der Waals surface area contributed by atoms with Gasteiger partial charge in [-0.25, -0.2) is 4.79 Å². The van der Waals surface area contributed by atoms with Gasteiger partial charge in [-0.05, 0) is 31.4 Å². The van der Waals surface area contributed by atoms with E-state index in [0.29, 0.717) is 25.3 Å². The van der Waals surface area contributed by atoms with Crippen LogP contribution in [0.1, 0.15) is 29.6 Å². The molecule has 0 radical (unpaired) electrons. The van der Waals surface area contributed by atoms with E-state index >= 15 is 0 Å². The number of aliphatic carboxylic acids is 1. The number of carbonyl (C=O) groups is 2. The summed E-state index contributed by atoms with van der Waals surface area (Å²) in [7, 11) is 0. The average molecular weight is 459 g/mol. The molecule has 176 valence electrons. The molecule has 2 aliphatic rings. The summed E-state index contributed by atoms with van der Waals surface area (Å²) in [5.74, 6) is -2.74. The van der Waals surface area contributed by atoms with Crippen molar-refractivity contribution in [1.82, 2.24) is 14.7 Å². The molecule has 12 heteroatoms. The van der Waals surface area contributed by atoms with Gasteiger partial charge in [0.1, 0.15) is 12.4 Å². The van der Waals surface area contributed by atoms with Crippen molar-refractivity contribution in [3.63, 3.8) is 0 Å². The third kappa shape index (κ3) is 6.10. The largest absolute Gasteiger partial charge is 0.490 e. The van der Waals surface area contributed by atoms with Crippen LogP contribution < -0.4 is 0 Å². The number of amides is 1. The fraction of sp³-hybridized carbons (Fsp3) is 0.550. The lowest BCUT2D eigenvalue weighted by molar-refractivity contribution is -0.192. The van der Waals surface area contributed by atoms with Crippen LogP contribution in [0.4, 0.5) is 13.2 Å². The topological polar surface area (TPSA) is 107 Å². The van der Waals surface area contributed by atoms with E-state index in [4.69, 9.17) is 23.8 Å². The zero-order valence-corrected chi connectivity index (χ0v) is 17.1. The molecule has 0 aromatic carbocycles. The van der Waals surface area contributed by atoms with Gasteiger partial charge in [0.25, 0.3) is 5.91 Å². The van der Waals surface area contributed by atoms with Crippen molar-refractivity contribution in [2.45, 2.75) is 50.2 Å². The van der Waals surface area contributed by atoms with Crippen LogP contribution in [0.2, 0.25) is 0 Å². The molecule has 9 nitrogen and oxygen atoms in total. The van der Waals surface area contributed by atoms with Crippen LogP contribution in [0, 0.1) is 0 Å². The number of nitrogens with zero attached hydrogens (tertiary/aromatic N) is 3. The van der Waals surface area contributed by atoms with Gasteiger partial charge in [0.05, 0.1) is 30.6 Å². The van der Waals surface area contributed by atoms with Crippen LogP contribution in [0.25, 0.3) is 0 Å². The molecule has 0 spiro atoms. The van der Waals surface area contributed by atoms with Crippen LogP contribution in [0.5, 0.6) is 0 Å². The molecule has 0 unspecified atom stereocenters. The first kappa shape index (κ1) is 23.8. The second kappa shape index (κ2) is 10.6. The third-order valence-electron chi connectivity index (χ3n) is 5.23.